The minimum atomic E-state index is 0.128. The highest BCUT2D eigenvalue weighted by Crippen LogP contribution is 2.08. The molecule has 0 aromatic heterocycles. The first kappa shape index (κ1) is 8.92. The van der Waals surface area contributed by atoms with Crippen molar-refractivity contribution in [3.05, 3.63) is 0 Å². The van der Waals surface area contributed by atoms with E-state index in [0.29, 0.717) is 5.92 Å². The van der Waals surface area contributed by atoms with Gasteiger partial charge in [0.05, 0.1) is 6.07 Å². The number of nitriles is 1. The van der Waals surface area contributed by atoms with Crippen LogP contribution in [0.1, 0.15) is 6.42 Å². The summed E-state index contributed by atoms with van der Waals surface area (Å²) in [4.78, 5) is 0. The fourth-order valence-corrected chi connectivity index (χ4v) is 2.78. The van der Waals surface area contributed by atoms with Crippen molar-refractivity contribution in [1.29, 1.82) is 5.26 Å². The molecule has 9 heavy (non-hydrogen) atoms. The Morgan fingerprint density at radius 2 is 2.44 bits per heavy atom. The third kappa shape index (κ3) is 4.43. The van der Waals surface area contributed by atoms with Gasteiger partial charge in [-0.1, -0.05) is 12.6 Å². The molecular formula is C6H15NSi2. The third-order valence-corrected chi connectivity index (χ3v) is 3.31. The highest BCUT2D eigenvalue weighted by molar-refractivity contribution is 6.33. The van der Waals surface area contributed by atoms with E-state index in [2.05, 4.69) is 12.6 Å². The molecule has 52 valence electrons. The van der Waals surface area contributed by atoms with E-state index in [1.807, 2.05) is 0 Å². The van der Waals surface area contributed by atoms with Gasteiger partial charge in [-0.05, 0) is 12.5 Å². The van der Waals surface area contributed by atoms with Crippen LogP contribution in [0.2, 0.25) is 18.6 Å². The summed E-state index contributed by atoms with van der Waals surface area (Å²) in [6, 6.07) is 4.89. The Bertz CT molecular complexity index is 91.7. The molecule has 1 nitrogen and oxygen atoms in total. The second-order valence-electron chi connectivity index (χ2n) is 2.40. The molecule has 0 aliphatic heterocycles. The van der Waals surface area contributed by atoms with Crippen molar-refractivity contribution < 1.29 is 0 Å². The summed E-state index contributed by atoms with van der Waals surface area (Å²) in [5, 5.41) is 8.58. The highest BCUT2D eigenvalue weighted by atomic mass is 28.2. The van der Waals surface area contributed by atoms with E-state index in [4.69, 9.17) is 5.26 Å². The molecule has 0 radical (unpaired) electrons. The molecule has 0 amide bonds. The smallest absolute Gasteiger partial charge is 0.0652 e. The van der Waals surface area contributed by atoms with Crippen molar-refractivity contribution in [2.45, 2.75) is 25.1 Å². The molecule has 0 bridgehead atoms. The summed E-state index contributed by atoms with van der Waals surface area (Å²) < 4.78 is 0. The maximum atomic E-state index is 8.58. The van der Waals surface area contributed by atoms with Gasteiger partial charge >= 0.3 is 0 Å². The first-order chi connectivity index (χ1) is 4.35. The van der Waals surface area contributed by atoms with Gasteiger partial charge in [0, 0.05) is 25.7 Å². The zero-order valence-electron chi connectivity index (χ0n) is 6.35. The zero-order valence-corrected chi connectivity index (χ0v) is 9.77. The molecule has 0 saturated heterocycles. The van der Waals surface area contributed by atoms with Crippen LogP contribution in [0, 0.1) is 17.2 Å². The number of rotatable bonds is 4. The van der Waals surface area contributed by atoms with Crippen LogP contribution in [0.25, 0.3) is 0 Å². The van der Waals surface area contributed by atoms with Gasteiger partial charge in [-0.25, -0.2) is 0 Å². The topological polar surface area (TPSA) is 23.8 Å². The second-order valence-corrected chi connectivity index (χ2v) is 4.98. The van der Waals surface area contributed by atoms with Crippen molar-refractivity contribution in [3.8, 4) is 6.07 Å². The van der Waals surface area contributed by atoms with Crippen molar-refractivity contribution in [3.63, 3.8) is 0 Å². The lowest BCUT2D eigenvalue weighted by atomic mass is 10.1. The lowest BCUT2D eigenvalue weighted by Crippen LogP contribution is -1.98. The van der Waals surface area contributed by atoms with Crippen LogP contribution in [0.15, 0.2) is 0 Å². The maximum Gasteiger partial charge on any atom is 0.0652 e. The van der Waals surface area contributed by atoms with E-state index >= 15 is 0 Å². The average Bonchev–Trinajstić information content (AvgIpc) is 1.88. The van der Waals surface area contributed by atoms with Crippen molar-refractivity contribution in [1.82, 2.24) is 0 Å². The predicted molar refractivity (Wildman–Crippen MR) is 47.7 cm³/mol. The van der Waals surface area contributed by atoms with Gasteiger partial charge in [0.1, 0.15) is 0 Å². The fraction of sp³-hybridized carbons (Fsp3) is 0.833. The first-order valence-electron chi connectivity index (χ1n) is 3.74. The van der Waals surface area contributed by atoms with Gasteiger partial charge in [-0.3, -0.25) is 0 Å². The first-order valence-corrected chi connectivity index (χ1v) is 7.57. The zero-order chi connectivity index (χ0) is 7.11. The van der Waals surface area contributed by atoms with Gasteiger partial charge in [0.15, 0.2) is 0 Å². The largest absolute Gasteiger partial charge is 0.198 e. The summed E-state index contributed by atoms with van der Waals surface area (Å²) in [5.74, 6) is 0.416. The maximum absolute atomic E-state index is 8.58. The second kappa shape index (κ2) is 6.05. The lowest BCUT2D eigenvalue weighted by Gasteiger charge is -2.02. The van der Waals surface area contributed by atoms with Crippen LogP contribution < -0.4 is 0 Å². The lowest BCUT2D eigenvalue weighted by molar-refractivity contribution is 0.708. The van der Waals surface area contributed by atoms with E-state index in [9.17, 15) is 0 Å². The van der Waals surface area contributed by atoms with Crippen LogP contribution in [-0.2, 0) is 0 Å². The molecule has 0 spiro atoms. The quantitative estimate of drug-likeness (QED) is 0.524. The molecule has 0 aliphatic rings. The summed E-state index contributed by atoms with van der Waals surface area (Å²) in [6.45, 7) is 2.28. The normalized spacial score (nSPS) is 14.2. The van der Waals surface area contributed by atoms with E-state index in [1.54, 1.807) is 0 Å². The van der Waals surface area contributed by atoms with Crippen molar-refractivity contribution in [2.24, 2.45) is 5.92 Å². The predicted octanol–water partition coefficient (Wildman–Crippen LogP) is -0.0648. The number of nitrogens with zero attached hydrogens (tertiary/aromatic N) is 1. The molecule has 3 heteroatoms. The average molecular weight is 157 g/mol. The Hall–Kier alpha value is -0.0762. The van der Waals surface area contributed by atoms with Crippen molar-refractivity contribution in [2.75, 3.05) is 0 Å². The minimum absolute atomic E-state index is 0.128. The molecule has 0 heterocycles. The van der Waals surface area contributed by atoms with E-state index in [0.717, 1.165) is 0 Å². The van der Waals surface area contributed by atoms with Crippen LogP contribution in [0.5, 0.6) is 0 Å². The molecule has 0 saturated carbocycles. The van der Waals surface area contributed by atoms with Crippen LogP contribution in [0.4, 0.5) is 0 Å². The van der Waals surface area contributed by atoms with Gasteiger partial charge in [-0.2, -0.15) is 5.26 Å². The Kier molecular flexibility index (Phi) is 6.00. The molecule has 0 aliphatic carbocycles. The molecule has 0 N–H and O–H groups in total. The van der Waals surface area contributed by atoms with E-state index in [-0.39, 0.29) is 9.52 Å². The minimum Gasteiger partial charge on any atom is -0.198 e. The van der Waals surface area contributed by atoms with Crippen LogP contribution in [0.3, 0.4) is 0 Å². The molecule has 0 rings (SSSR count). The molecular weight excluding hydrogens is 142 g/mol. The van der Waals surface area contributed by atoms with Gasteiger partial charge in [0.2, 0.25) is 0 Å². The Labute approximate surface area is 62.7 Å². The van der Waals surface area contributed by atoms with Gasteiger partial charge < -0.3 is 0 Å². The SMILES string of the molecule is C[SiH2]CC(C#N)CC[SiH3]. The third-order valence-electron chi connectivity index (χ3n) is 1.46. The Morgan fingerprint density at radius 3 is 2.78 bits per heavy atom. The summed E-state index contributed by atoms with van der Waals surface area (Å²) >= 11 is 0. The summed E-state index contributed by atoms with van der Waals surface area (Å²) in [6.07, 6.45) is 1.17. The molecule has 0 fully saturated rings. The molecule has 0 aromatic rings. The monoisotopic (exact) mass is 157 g/mol. The standard InChI is InChI=1S/C6H15NSi2/c1-9-5-6(4-7)2-3-8/h6H,2-3,5,9H2,1,8H3. The summed E-state index contributed by atoms with van der Waals surface area (Å²) in [5.41, 5.74) is 0. The van der Waals surface area contributed by atoms with Gasteiger partial charge in [-0.15, -0.1) is 0 Å². The van der Waals surface area contributed by atoms with Crippen molar-refractivity contribution >= 4 is 19.8 Å². The van der Waals surface area contributed by atoms with Crippen LogP contribution in [-0.4, -0.2) is 19.8 Å². The fourth-order valence-electron chi connectivity index (χ4n) is 0.970. The van der Waals surface area contributed by atoms with Crippen LogP contribution >= 0.6 is 0 Å². The van der Waals surface area contributed by atoms with Gasteiger partial charge in [0.25, 0.3) is 0 Å². The number of hydrogen-bond acceptors (Lipinski definition) is 1. The molecule has 1 atom stereocenters. The highest BCUT2D eigenvalue weighted by Gasteiger charge is 2.02. The van der Waals surface area contributed by atoms with E-state index in [1.165, 1.54) is 28.8 Å². The Balaban J connectivity index is 3.32. The number of hydrogen-bond donors (Lipinski definition) is 0. The van der Waals surface area contributed by atoms with E-state index < -0.39 is 0 Å². The molecule has 1 unspecified atom stereocenters. The summed E-state index contributed by atoms with van der Waals surface area (Å²) in [7, 11) is 1.39. The Morgan fingerprint density at radius 1 is 1.78 bits per heavy atom. The molecule has 0 aromatic carbocycles.